The first kappa shape index (κ1) is 10.4. The standard InChI is InChI=1S/C9H16N2OS/c1-5-10-6-7(12)11(8(10)13)9(2,3)4/h5-6H2,1-4H3. The van der Waals surface area contributed by atoms with Crippen LogP contribution in [0.4, 0.5) is 0 Å². The maximum Gasteiger partial charge on any atom is 0.248 e. The Morgan fingerprint density at radius 1 is 1.46 bits per heavy atom. The van der Waals surface area contributed by atoms with Crippen LogP contribution in [0.15, 0.2) is 0 Å². The van der Waals surface area contributed by atoms with Gasteiger partial charge in [-0.15, -0.1) is 0 Å². The van der Waals surface area contributed by atoms with Gasteiger partial charge in [0.15, 0.2) is 5.11 Å². The Balaban J connectivity index is 2.89. The topological polar surface area (TPSA) is 23.6 Å². The fourth-order valence-corrected chi connectivity index (χ4v) is 2.03. The Kier molecular flexibility index (Phi) is 2.61. The van der Waals surface area contributed by atoms with Gasteiger partial charge >= 0.3 is 0 Å². The van der Waals surface area contributed by atoms with Crippen molar-refractivity contribution in [3.63, 3.8) is 0 Å². The molecule has 74 valence electrons. The molecule has 13 heavy (non-hydrogen) atoms. The molecule has 4 heteroatoms. The first-order valence-corrected chi connectivity index (χ1v) is 4.90. The predicted molar refractivity (Wildman–Crippen MR) is 56.4 cm³/mol. The van der Waals surface area contributed by atoms with Crippen LogP contribution >= 0.6 is 12.2 Å². The summed E-state index contributed by atoms with van der Waals surface area (Å²) in [6.45, 7) is 9.23. The van der Waals surface area contributed by atoms with E-state index in [0.717, 1.165) is 6.54 Å². The van der Waals surface area contributed by atoms with E-state index in [1.54, 1.807) is 4.90 Å². The number of rotatable bonds is 1. The lowest BCUT2D eigenvalue weighted by Gasteiger charge is -2.31. The maximum absolute atomic E-state index is 11.6. The largest absolute Gasteiger partial charge is 0.340 e. The van der Waals surface area contributed by atoms with E-state index in [4.69, 9.17) is 12.2 Å². The molecule has 0 radical (unpaired) electrons. The van der Waals surface area contributed by atoms with E-state index in [-0.39, 0.29) is 11.4 Å². The van der Waals surface area contributed by atoms with Crippen molar-refractivity contribution in [2.75, 3.05) is 13.1 Å². The van der Waals surface area contributed by atoms with Gasteiger partial charge in [0.2, 0.25) is 5.91 Å². The summed E-state index contributed by atoms with van der Waals surface area (Å²) in [6.07, 6.45) is 0. The van der Waals surface area contributed by atoms with Gasteiger partial charge in [-0.3, -0.25) is 9.69 Å². The molecule has 1 saturated heterocycles. The van der Waals surface area contributed by atoms with Crippen LogP contribution in [0.5, 0.6) is 0 Å². The van der Waals surface area contributed by atoms with E-state index in [1.165, 1.54) is 0 Å². The first-order chi connectivity index (χ1) is 5.88. The molecule has 0 unspecified atom stereocenters. The van der Waals surface area contributed by atoms with Crippen LogP contribution in [0.25, 0.3) is 0 Å². The number of carbonyl (C=O) groups excluding carboxylic acids is 1. The molecule has 1 aliphatic heterocycles. The van der Waals surface area contributed by atoms with Crippen LogP contribution in [-0.2, 0) is 4.79 Å². The molecule has 0 aromatic carbocycles. The molecule has 1 fully saturated rings. The molecular weight excluding hydrogens is 184 g/mol. The van der Waals surface area contributed by atoms with Gasteiger partial charge in [-0.2, -0.15) is 0 Å². The Bertz CT molecular complexity index is 244. The Morgan fingerprint density at radius 3 is 2.23 bits per heavy atom. The van der Waals surface area contributed by atoms with Gasteiger partial charge in [-0.25, -0.2) is 0 Å². The highest BCUT2D eigenvalue weighted by molar-refractivity contribution is 7.80. The number of hydrogen-bond donors (Lipinski definition) is 0. The molecule has 0 N–H and O–H groups in total. The highest BCUT2D eigenvalue weighted by atomic mass is 32.1. The lowest BCUT2D eigenvalue weighted by atomic mass is 10.1. The minimum absolute atomic E-state index is 0.111. The molecule has 0 aromatic heterocycles. The second-order valence-electron chi connectivity index (χ2n) is 4.20. The summed E-state index contributed by atoms with van der Waals surface area (Å²) in [5.41, 5.74) is -0.196. The molecule has 0 bridgehead atoms. The minimum atomic E-state index is -0.196. The van der Waals surface area contributed by atoms with Crippen LogP contribution in [0.3, 0.4) is 0 Å². The Labute approximate surface area is 84.7 Å². The van der Waals surface area contributed by atoms with Gasteiger partial charge in [0.05, 0.1) is 6.54 Å². The maximum atomic E-state index is 11.6. The van der Waals surface area contributed by atoms with Crippen molar-refractivity contribution in [2.45, 2.75) is 33.2 Å². The molecule has 1 aliphatic rings. The number of thiocarbonyl (C=S) groups is 1. The smallest absolute Gasteiger partial charge is 0.248 e. The quantitative estimate of drug-likeness (QED) is 0.595. The molecule has 0 saturated carbocycles. The number of hydrogen-bond acceptors (Lipinski definition) is 2. The van der Waals surface area contributed by atoms with Gasteiger partial charge in [0, 0.05) is 12.1 Å². The van der Waals surface area contributed by atoms with Crippen molar-refractivity contribution >= 4 is 23.2 Å². The summed E-state index contributed by atoms with van der Waals surface area (Å²) in [7, 11) is 0. The van der Waals surface area contributed by atoms with E-state index in [9.17, 15) is 4.79 Å². The Morgan fingerprint density at radius 2 is 2.00 bits per heavy atom. The summed E-state index contributed by atoms with van der Waals surface area (Å²) in [4.78, 5) is 15.2. The highest BCUT2D eigenvalue weighted by Crippen LogP contribution is 2.21. The van der Waals surface area contributed by atoms with Gasteiger partial charge in [0.25, 0.3) is 0 Å². The average Bonchev–Trinajstić information content (AvgIpc) is 2.24. The minimum Gasteiger partial charge on any atom is -0.340 e. The van der Waals surface area contributed by atoms with E-state index >= 15 is 0 Å². The predicted octanol–water partition coefficient (Wildman–Crippen LogP) is 1.23. The molecule has 0 spiro atoms. The third-order valence-corrected chi connectivity index (χ3v) is 2.53. The van der Waals surface area contributed by atoms with Gasteiger partial charge in [0.1, 0.15) is 0 Å². The second kappa shape index (κ2) is 3.25. The van der Waals surface area contributed by atoms with Crippen LogP contribution in [0.2, 0.25) is 0 Å². The van der Waals surface area contributed by atoms with Gasteiger partial charge < -0.3 is 4.90 Å². The molecule has 0 aromatic rings. The molecule has 0 atom stereocenters. The summed E-state index contributed by atoms with van der Waals surface area (Å²) in [5, 5.41) is 0.667. The molecule has 1 rings (SSSR count). The zero-order chi connectivity index (χ0) is 10.2. The molecule has 3 nitrogen and oxygen atoms in total. The summed E-state index contributed by atoms with van der Waals surface area (Å²) in [5.74, 6) is 0.111. The zero-order valence-corrected chi connectivity index (χ0v) is 9.44. The number of amides is 1. The van der Waals surface area contributed by atoms with E-state index in [2.05, 4.69) is 0 Å². The molecule has 0 aliphatic carbocycles. The lowest BCUT2D eigenvalue weighted by Crippen LogP contribution is -2.46. The van der Waals surface area contributed by atoms with Gasteiger partial charge in [-0.05, 0) is 39.9 Å². The van der Waals surface area contributed by atoms with Crippen molar-refractivity contribution in [3.05, 3.63) is 0 Å². The van der Waals surface area contributed by atoms with E-state index in [0.29, 0.717) is 11.7 Å². The van der Waals surface area contributed by atoms with Crippen LogP contribution in [0.1, 0.15) is 27.7 Å². The monoisotopic (exact) mass is 200 g/mol. The number of nitrogens with zero attached hydrogens (tertiary/aromatic N) is 2. The molecular formula is C9H16N2OS. The summed E-state index contributed by atoms with van der Waals surface area (Å²) in [6, 6.07) is 0. The second-order valence-corrected chi connectivity index (χ2v) is 4.56. The molecule has 1 heterocycles. The Hall–Kier alpha value is -0.640. The third kappa shape index (κ3) is 1.82. The normalized spacial score (nSPS) is 18.8. The SMILES string of the molecule is CCN1CC(=O)N(C(C)(C)C)C1=S. The van der Waals surface area contributed by atoms with Crippen LogP contribution in [-0.4, -0.2) is 39.4 Å². The van der Waals surface area contributed by atoms with Crippen molar-refractivity contribution in [1.82, 2.24) is 9.80 Å². The summed E-state index contributed by atoms with van der Waals surface area (Å²) >= 11 is 5.22. The van der Waals surface area contributed by atoms with E-state index in [1.807, 2.05) is 32.6 Å². The zero-order valence-electron chi connectivity index (χ0n) is 8.63. The molecule has 1 amide bonds. The number of carbonyl (C=O) groups is 1. The van der Waals surface area contributed by atoms with Gasteiger partial charge in [-0.1, -0.05) is 0 Å². The lowest BCUT2D eigenvalue weighted by molar-refractivity contribution is -0.127. The van der Waals surface area contributed by atoms with Crippen molar-refractivity contribution in [3.8, 4) is 0 Å². The van der Waals surface area contributed by atoms with Crippen molar-refractivity contribution < 1.29 is 4.79 Å². The highest BCUT2D eigenvalue weighted by Gasteiger charge is 2.38. The third-order valence-electron chi connectivity index (χ3n) is 2.09. The van der Waals surface area contributed by atoms with Crippen LogP contribution < -0.4 is 0 Å². The van der Waals surface area contributed by atoms with Crippen LogP contribution in [0, 0.1) is 0 Å². The summed E-state index contributed by atoms with van der Waals surface area (Å²) < 4.78 is 0. The first-order valence-electron chi connectivity index (χ1n) is 4.50. The van der Waals surface area contributed by atoms with E-state index < -0.39 is 0 Å². The number of likely N-dealkylation sites (N-methyl/N-ethyl adjacent to an activating group) is 1. The fourth-order valence-electron chi connectivity index (χ4n) is 1.46. The average molecular weight is 200 g/mol. The van der Waals surface area contributed by atoms with Crippen molar-refractivity contribution in [2.24, 2.45) is 0 Å². The van der Waals surface area contributed by atoms with Crippen molar-refractivity contribution in [1.29, 1.82) is 0 Å². The fraction of sp³-hybridized carbons (Fsp3) is 0.778.